The van der Waals surface area contributed by atoms with Crippen LogP contribution in [0.4, 0.5) is 0 Å². The third-order valence-electron chi connectivity index (χ3n) is 3.76. The van der Waals surface area contributed by atoms with Crippen LogP contribution in [0, 0.1) is 6.92 Å². The molecule has 4 nitrogen and oxygen atoms in total. The summed E-state index contributed by atoms with van der Waals surface area (Å²) in [5, 5.41) is 3.28. The number of aromatic nitrogens is 1. The first-order chi connectivity index (χ1) is 8.76. The first kappa shape index (κ1) is 12.1. The molecule has 1 spiro atoms. The van der Waals surface area contributed by atoms with Crippen molar-refractivity contribution >= 4 is 0 Å². The first-order valence-electron chi connectivity index (χ1n) is 6.65. The lowest BCUT2D eigenvalue weighted by atomic mass is 9.87. The molecule has 1 atom stereocenters. The summed E-state index contributed by atoms with van der Waals surface area (Å²) in [6, 6.07) is 6.06. The van der Waals surface area contributed by atoms with E-state index in [9.17, 15) is 0 Å². The molecule has 0 aromatic carbocycles. The summed E-state index contributed by atoms with van der Waals surface area (Å²) in [6.07, 6.45) is 2.31. The molecule has 1 N–H and O–H groups in total. The van der Waals surface area contributed by atoms with Gasteiger partial charge in [0.15, 0.2) is 0 Å². The summed E-state index contributed by atoms with van der Waals surface area (Å²) in [6.45, 7) is 5.36. The average Bonchev–Trinajstić information content (AvgIpc) is 2.35. The summed E-state index contributed by atoms with van der Waals surface area (Å²) >= 11 is 0. The van der Waals surface area contributed by atoms with Gasteiger partial charge in [0.2, 0.25) is 0 Å². The van der Waals surface area contributed by atoms with Gasteiger partial charge in [0, 0.05) is 31.8 Å². The topological polar surface area (TPSA) is 43.4 Å². The molecule has 1 unspecified atom stereocenters. The van der Waals surface area contributed by atoms with Gasteiger partial charge >= 0.3 is 0 Å². The van der Waals surface area contributed by atoms with E-state index < -0.39 is 0 Å². The van der Waals surface area contributed by atoms with Crippen molar-refractivity contribution in [1.82, 2.24) is 10.3 Å². The van der Waals surface area contributed by atoms with Crippen LogP contribution >= 0.6 is 0 Å². The largest absolute Gasteiger partial charge is 0.372 e. The van der Waals surface area contributed by atoms with Gasteiger partial charge in [0.05, 0.1) is 24.0 Å². The maximum atomic E-state index is 5.98. The Balaban J connectivity index is 1.53. The van der Waals surface area contributed by atoms with Crippen LogP contribution in [0.15, 0.2) is 18.2 Å². The quantitative estimate of drug-likeness (QED) is 0.878. The van der Waals surface area contributed by atoms with E-state index in [2.05, 4.69) is 10.3 Å². The minimum Gasteiger partial charge on any atom is -0.372 e. The van der Waals surface area contributed by atoms with Crippen molar-refractivity contribution in [3.05, 3.63) is 29.6 Å². The van der Waals surface area contributed by atoms with Crippen LogP contribution < -0.4 is 5.32 Å². The monoisotopic (exact) mass is 248 g/mol. The Morgan fingerprint density at radius 1 is 1.50 bits per heavy atom. The van der Waals surface area contributed by atoms with Crippen molar-refractivity contribution < 1.29 is 9.47 Å². The predicted octanol–water partition coefficient (Wildman–Crippen LogP) is 1.43. The van der Waals surface area contributed by atoms with Crippen LogP contribution in [0.25, 0.3) is 0 Å². The minimum absolute atomic E-state index is 0.0585. The van der Waals surface area contributed by atoms with Crippen LogP contribution in [-0.2, 0) is 16.1 Å². The second kappa shape index (κ2) is 4.96. The fourth-order valence-corrected chi connectivity index (χ4v) is 2.66. The molecule has 2 fully saturated rings. The van der Waals surface area contributed by atoms with Gasteiger partial charge in [-0.2, -0.15) is 0 Å². The van der Waals surface area contributed by atoms with Crippen molar-refractivity contribution in [2.75, 3.05) is 19.7 Å². The highest BCUT2D eigenvalue weighted by Gasteiger charge is 2.42. The first-order valence-corrected chi connectivity index (χ1v) is 6.65. The lowest BCUT2D eigenvalue weighted by Crippen LogP contribution is -2.64. The molecule has 18 heavy (non-hydrogen) atoms. The van der Waals surface area contributed by atoms with Crippen LogP contribution in [-0.4, -0.2) is 36.4 Å². The van der Waals surface area contributed by atoms with Crippen LogP contribution in [0.1, 0.15) is 24.2 Å². The van der Waals surface area contributed by atoms with Crippen molar-refractivity contribution in [1.29, 1.82) is 0 Å². The zero-order valence-corrected chi connectivity index (χ0v) is 10.8. The van der Waals surface area contributed by atoms with Gasteiger partial charge in [-0.05, 0) is 25.5 Å². The van der Waals surface area contributed by atoms with E-state index in [1.54, 1.807) is 0 Å². The number of hydrogen-bond donors (Lipinski definition) is 1. The molecule has 1 aromatic rings. The Labute approximate surface area is 108 Å². The number of ether oxygens (including phenoxy) is 2. The molecule has 3 rings (SSSR count). The van der Waals surface area contributed by atoms with Crippen molar-refractivity contribution in [3.63, 3.8) is 0 Å². The molecule has 2 aliphatic rings. The standard InChI is InChI=1S/C14H20N2O2/c1-11-3-2-4-12(16-11)8-17-13-5-6-18-14(7-13)9-15-10-14/h2-4,13,15H,5-10H2,1H3. The molecular formula is C14H20N2O2. The molecule has 0 bridgehead atoms. The lowest BCUT2D eigenvalue weighted by Gasteiger charge is -2.47. The smallest absolute Gasteiger partial charge is 0.0954 e. The highest BCUT2D eigenvalue weighted by molar-refractivity contribution is 5.09. The highest BCUT2D eigenvalue weighted by atomic mass is 16.5. The summed E-state index contributed by atoms with van der Waals surface area (Å²) in [5.74, 6) is 0. The zero-order valence-electron chi connectivity index (χ0n) is 10.8. The molecule has 0 saturated carbocycles. The van der Waals surface area contributed by atoms with E-state index >= 15 is 0 Å². The number of nitrogens with zero attached hydrogens (tertiary/aromatic N) is 1. The predicted molar refractivity (Wildman–Crippen MR) is 68.3 cm³/mol. The SMILES string of the molecule is Cc1cccc(COC2CCOC3(CNC3)C2)n1. The van der Waals surface area contributed by atoms with Gasteiger partial charge < -0.3 is 14.8 Å². The Morgan fingerprint density at radius 2 is 2.39 bits per heavy atom. The maximum absolute atomic E-state index is 5.98. The fourth-order valence-electron chi connectivity index (χ4n) is 2.66. The van der Waals surface area contributed by atoms with Gasteiger partial charge in [0.1, 0.15) is 0 Å². The van der Waals surface area contributed by atoms with Gasteiger partial charge in [-0.3, -0.25) is 4.98 Å². The average molecular weight is 248 g/mol. The van der Waals surface area contributed by atoms with Crippen LogP contribution in [0.3, 0.4) is 0 Å². The van der Waals surface area contributed by atoms with Gasteiger partial charge in [0.25, 0.3) is 0 Å². The summed E-state index contributed by atoms with van der Waals surface area (Å²) in [4.78, 5) is 4.46. The Kier molecular flexibility index (Phi) is 3.33. The minimum atomic E-state index is 0.0585. The Bertz CT molecular complexity index is 418. The zero-order chi connectivity index (χ0) is 12.4. The number of rotatable bonds is 3. The molecule has 2 saturated heterocycles. The highest BCUT2D eigenvalue weighted by Crippen LogP contribution is 2.30. The molecule has 1 aromatic heterocycles. The van der Waals surface area contributed by atoms with E-state index in [4.69, 9.17) is 9.47 Å². The molecule has 4 heteroatoms. The molecule has 0 radical (unpaired) electrons. The lowest BCUT2D eigenvalue weighted by molar-refractivity contribution is -0.158. The molecular weight excluding hydrogens is 228 g/mol. The molecule has 3 heterocycles. The number of nitrogens with one attached hydrogen (secondary N) is 1. The fraction of sp³-hybridized carbons (Fsp3) is 0.643. The van der Waals surface area contributed by atoms with Gasteiger partial charge in [-0.15, -0.1) is 0 Å². The molecule has 0 amide bonds. The third kappa shape index (κ3) is 2.55. The maximum Gasteiger partial charge on any atom is 0.0954 e. The second-order valence-corrected chi connectivity index (χ2v) is 5.33. The van der Waals surface area contributed by atoms with Gasteiger partial charge in [-0.25, -0.2) is 0 Å². The summed E-state index contributed by atoms with van der Waals surface area (Å²) in [5.41, 5.74) is 2.12. The van der Waals surface area contributed by atoms with Crippen LogP contribution in [0.2, 0.25) is 0 Å². The number of hydrogen-bond acceptors (Lipinski definition) is 4. The van der Waals surface area contributed by atoms with E-state index in [-0.39, 0.29) is 5.60 Å². The molecule has 2 aliphatic heterocycles. The summed E-state index contributed by atoms with van der Waals surface area (Å²) in [7, 11) is 0. The number of aryl methyl sites for hydroxylation is 1. The number of pyridine rings is 1. The van der Waals surface area contributed by atoms with Crippen molar-refractivity contribution in [3.8, 4) is 0 Å². The van der Waals surface area contributed by atoms with E-state index in [0.29, 0.717) is 12.7 Å². The third-order valence-corrected chi connectivity index (χ3v) is 3.76. The van der Waals surface area contributed by atoms with Crippen molar-refractivity contribution in [2.24, 2.45) is 0 Å². The van der Waals surface area contributed by atoms with Gasteiger partial charge in [-0.1, -0.05) is 6.07 Å². The van der Waals surface area contributed by atoms with E-state index in [0.717, 1.165) is 43.9 Å². The molecule has 98 valence electrons. The van der Waals surface area contributed by atoms with E-state index in [1.807, 2.05) is 25.1 Å². The van der Waals surface area contributed by atoms with Crippen molar-refractivity contribution in [2.45, 2.75) is 38.1 Å². The molecule has 0 aliphatic carbocycles. The second-order valence-electron chi connectivity index (χ2n) is 5.33. The Hall–Kier alpha value is -0.970. The Morgan fingerprint density at radius 3 is 3.11 bits per heavy atom. The van der Waals surface area contributed by atoms with E-state index in [1.165, 1.54) is 0 Å². The normalized spacial score (nSPS) is 25.9. The summed E-state index contributed by atoms with van der Waals surface area (Å²) < 4.78 is 11.8. The van der Waals surface area contributed by atoms with Crippen LogP contribution in [0.5, 0.6) is 0 Å².